The maximum absolute atomic E-state index is 12.4. The normalized spacial score (nSPS) is 11.7. The smallest absolute Gasteiger partial charge is 0.260 e. The molecule has 0 fully saturated rings. The number of aromatic amines is 1. The summed E-state index contributed by atoms with van der Waals surface area (Å²) < 4.78 is 0. The summed E-state index contributed by atoms with van der Waals surface area (Å²) in [5.74, 6) is 0.498. The van der Waals surface area contributed by atoms with Gasteiger partial charge in [-0.15, -0.1) is 11.3 Å². The van der Waals surface area contributed by atoms with Gasteiger partial charge in [-0.1, -0.05) is 0 Å². The van der Waals surface area contributed by atoms with Crippen LogP contribution in [0.15, 0.2) is 16.9 Å². The predicted molar refractivity (Wildman–Crippen MR) is 101 cm³/mol. The van der Waals surface area contributed by atoms with E-state index in [1.54, 1.807) is 32.1 Å². The lowest BCUT2D eigenvalue weighted by Gasteiger charge is -2.05. The summed E-state index contributed by atoms with van der Waals surface area (Å²) in [7, 11) is 0. The van der Waals surface area contributed by atoms with E-state index < -0.39 is 0 Å². The summed E-state index contributed by atoms with van der Waals surface area (Å²) in [6.45, 7) is 7.45. The topological polar surface area (TPSA) is 89.8 Å². The maximum atomic E-state index is 12.4. The van der Waals surface area contributed by atoms with Crippen LogP contribution in [0, 0.1) is 39.0 Å². The number of aromatic hydroxyl groups is 1. The number of aryl methyl sites for hydroxylation is 4. The quantitative estimate of drug-likeness (QED) is 0.683. The second-order valence-electron chi connectivity index (χ2n) is 6.05. The van der Waals surface area contributed by atoms with Crippen molar-refractivity contribution in [3.05, 3.63) is 55.4 Å². The third-order valence-corrected chi connectivity index (χ3v) is 5.34. The highest BCUT2D eigenvalue weighted by Gasteiger charge is 2.14. The molecule has 0 atom stereocenters. The Morgan fingerprint density at radius 1 is 1.28 bits per heavy atom. The van der Waals surface area contributed by atoms with Gasteiger partial charge in [-0.05, 0) is 68.2 Å². The summed E-state index contributed by atoms with van der Waals surface area (Å²) in [6, 6.07) is 5.68. The van der Waals surface area contributed by atoms with Crippen LogP contribution in [0.5, 0.6) is 5.75 Å². The molecular formula is C19H17N3O2S. The summed E-state index contributed by atoms with van der Waals surface area (Å²) in [6.07, 6.45) is 1.66. The van der Waals surface area contributed by atoms with E-state index in [-0.39, 0.29) is 22.7 Å². The van der Waals surface area contributed by atoms with Gasteiger partial charge in [0.1, 0.15) is 16.6 Å². The largest absolute Gasteiger partial charge is 0.507 e. The van der Waals surface area contributed by atoms with Crippen molar-refractivity contribution in [1.29, 1.82) is 5.26 Å². The number of nitrogens with zero attached hydrogens (tertiary/aromatic N) is 2. The van der Waals surface area contributed by atoms with Crippen LogP contribution in [-0.2, 0) is 0 Å². The van der Waals surface area contributed by atoms with E-state index >= 15 is 0 Å². The molecule has 5 nitrogen and oxygen atoms in total. The fourth-order valence-electron chi connectivity index (χ4n) is 2.78. The molecule has 0 unspecified atom stereocenters. The summed E-state index contributed by atoms with van der Waals surface area (Å²) in [5.41, 5.74) is 3.18. The van der Waals surface area contributed by atoms with Crippen molar-refractivity contribution in [2.75, 3.05) is 0 Å². The number of nitriles is 1. The average molecular weight is 351 g/mol. The molecule has 0 aliphatic rings. The SMILES string of the molecule is Cc1cc(/C=C(\C#N)c2nc3sc(C)c(C)c3c(=O)[nH]2)cc(C)c1O. The number of aromatic nitrogens is 2. The Hall–Kier alpha value is -2.91. The molecule has 0 bridgehead atoms. The minimum absolute atomic E-state index is 0.235. The first-order chi connectivity index (χ1) is 11.8. The van der Waals surface area contributed by atoms with Crippen molar-refractivity contribution in [3.63, 3.8) is 0 Å². The Morgan fingerprint density at radius 2 is 1.92 bits per heavy atom. The van der Waals surface area contributed by atoms with E-state index in [1.165, 1.54) is 11.3 Å². The summed E-state index contributed by atoms with van der Waals surface area (Å²) in [4.78, 5) is 21.3. The van der Waals surface area contributed by atoms with Crippen molar-refractivity contribution in [1.82, 2.24) is 9.97 Å². The molecule has 3 rings (SSSR count). The predicted octanol–water partition coefficient (Wildman–Crippen LogP) is 3.99. The summed E-state index contributed by atoms with van der Waals surface area (Å²) >= 11 is 1.45. The molecule has 0 saturated carbocycles. The van der Waals surface area contributed by atoms with Gasteiger partial charge in [0.05, 0.1) is 11.0 Å². The van der Waals surface area contributed by atoms with Gasteiger partial charge >= 0.3 is 0 Å². The van der Waals surface area contributed by atoms with Gasteiger partial charge in [0, 0.05) is 4.88 Å². The Labute approximate surface area is 148 Å². The Kier molecular flexibility index (Phi) is 4.19. The molecule has 0 aliphatic heterocycles. The Morgan fingerprint density at radius 3 is 2.52 bits per heavy atom. The first kappa shape index (κ1) is 16.9. The number of hydrogen-bond donors (Lipinski definition) is 2. The van der Waals surface area contributed by atoms with Crippen molar-refractivity contribution in [3.8, 4) is 11.8 Å². The van der Waals surface area contributed by atoms with Crippen molar-refractivity contribution in [2.24, 2.45) is 0 Å². The highest BCUT2D eigenvalue weighted by molar-refractivity contribution is 7.18. The second kappa shape index (κ2) is 6.19. The number of benzene rings is 1. The zero-order valence-corrected chi connectivity index (χ0v) is 15.2. The molecule has 2 heterocycles. The van der Waals surface area contributed by atoms with E-state index in [0.29, 0.717) is 10.2 Å². The number of rotatable bonds is 2. The molecule has 3 aromatic rings. The summed E-state index contributed by atoms with van der Waals surface area (Å²) in [5, 5.41) is 20.0. The molecule has 2 aromatic heterocycles. The fourth-order valence-corrected chi connectivity index (χ4v) is 3.81. The highest BCUT2D eigenvalue weighted by Crippen LogP contribution is 2.28. The lowest BCUT2D eigenvalue weighted by atomic mass is 10.0. The third-order valence-electron chi connectivity index (χ3n) is 4.24. The van der Waals surface area contributed by atoms with Gasteiger partial charge in [-0.3, -0.25) is 4.79 Å². The number of nitrogens with one attached hydrogen (secondary N) is 1. The number of H-pyrrole nitrogens is 1. The zero-order chi connectivity index (χ0) is 18.3. The molecule has 6 heteroatoms. The molecule has 126 valence electrons. The number of phenolic OH excluding ortho intramolecular Hbond substituents is 1. The number of thiophene rings is 1. The molecule has 0 spiro atoms. The Bertz CT molecular complexity index is 1110. The van der Waals surface area contributed by atoms with E-state index in [9.17, 15) is 15.2 Å². The monoisotopic (exact) mass is 351 g/mol. The molecule has 0 amide bonds. The lowest BCUT2D eigenvalue weighted by Crippen LogP contribution is -2.10. The van der Waals surface area contributed by atoms with Crippen LogP contribution in [0.4, 0.5) is 0 Å². The third kappa shape index (κ3) is 2.94. The average Bonchev–Trinajstić information content (AvgIpc) is 2.85. The fraction of sp³-hybridized carbons (Fsp3) is 0.211. The maximum Gasteiger partial charge on any atom is 0.260 e. The van der Waals surface area contributed by atoms with Crippen LogP contribution >= 0.6 is 11.3 Å². The van der Waals surface area contributed by atoms with Gasteiger partial charge in [-0.25, -0.2) is 4.98 Å². The minimum Gasteiger partial charge on any atom is -0.507 e. The van der Waals surface area contributed by atoms with Crippen LogP contribution < -0.4 is 5.56 Å². The number of phenols is 1. The Balaban J connectivity index is 2.18. The molecule has 2 N–H and O–H groups in total. The van der Waals surface area contributed by atoms with E-state index in [1.807, 2.05) is 13.8 Å². The van der Waals surface area contributed by atoms with Crippen LogP contribution in [0.2, 0.25) is 0 Å². The first-order valence-electron chi connectivity index (χ1n) is 7.74. The van der Waals surface area contributed by atoms with E-state index in [4.69, 9.17) is 0 Å². The number of allylic oxidation sites excluding steroid dienone is 1. The molecule has 25 heavy (non-hydrogen) atoms. The number of hydrogen-bond acceptors (Lipinski definition) is 5. The molecular weight excluding hydrogens is 334 g/mol. The van der Waals surface area contributed by atoms with Gasteiger partial charge < -0.3 is 10.1 Å². The van der Waals surface area contributed by atoms with Gasteiger partial charge in [-0.2, -0.15) is 5.26 Å². The minimum atomic E-state index is -0.235. The molecule has 0 aliphatic carbocycles. The standard InChI is InChI=1S/C19H17N3O2S/c1-9-5-13(6-10(2)16(9)23)7-14(8-20)17-21-18(24)15-11(3)12(4)25-19(15)22-17/h5-7,23H,1-4H3,(H,21,22,24)/b14-7+. The molecule has 0 saturated heterocycles. The number of fused-ring (bicyclic) bond motifs is 1. The van der Waals surface area contributed by atoms with E-state index in [2.05, 4.69) is 16.0 Å². The zero-order valence-electron chi connectivity index (χ0n) is 14.4. The molecule has 1 aromatic carbocycles. The van der Waals surface area contributed by atoms with Crippen molar-refractivity contribution < 1.29 is 5.11 Å². The van der Waals surface area contributed by atoms with E-state index in [0.717, 1.165) is 27.1 Å². The first-order valence-corrected chi connectivity index (χ1v) is 8.56. The van der Waals surface area contributed by atoms with Crippen LogP contribution in [0.3, 0.4) is 0 Å². The second-order valence-corrected chi connectivity index (χ2v) is 7.25. The van der Waals surface area contributed by atoms with Crippen molar-refractivity contribution in [2.45, 2.75) is 27.7 Å². The van der Waals surface area contributed by atoms with Gasteiger partial charge in [0.2, 0.25) is 0 Å². The highest BCUT2D eigenvalue weighted by atomic mass is 32.1. The molecule has 0 radical (unpaired) electrons. The van der Waals surface area contributed by atoms with Gasteiger partial charge in [0.15, 0.2) is 5.82 Å². The van der Waals surface area contributed by atoms with Crippen LogP contribution in [0.1, 0.15) is 33.0 Å². The van der Waals surface area contributed by atoms with Crippen LogP contribution in [-0.4, -0.2) is 15.1 Å². The van der Waals surface area contributed by atoms with Crippen molar-refractivity contribution >= 4 is 33.2 Å². The van der Waals surface area contributed by atoms with Gasteiger partial charge in [0.25, 0.3) is 5.56 Å². The van der Waals surface area contributed by atoms with Crippen LogP contribution in [0.25, 0.3) is 21.9 Å². The lowest BCUT2D eigenvalue weighted by molar-refractivity contribution is 0.467.